The molecule has 6 heteroatoms. The summed E-state index contributed by atoms with van der Waals surface area (Å²) >= 11 is 0. The van der Waals surface area contributed by atoms with E-state index in [1.807, 2.05) is 51.1 Å². The van der Waals surface area contributed by atoms with E-state index in [1.165, 1.54) is 9.80 Å². The molecule has 1 aliphatic carbocycles. The average molecular weight is 443 g/mol. The third-order valence-corrected chi connectivity index (χ3v) is 7.20. The largest absolute Gasteiger partial charge is 0.274 e. The van der Waals surface area contributed by atoms with Crippen molar-refractivity contribution in [2.24, 2.45) is 23.7 Å². The minimum atomic E-state index is -0.522. The van der Waals surface area contributed by atoms with Crippen LogP contribution in [0.2, 0.25) is 0 Å². The first-order valence-electron chi connectivity index (χ1n) is 11.3. The number of allylic oxidation sites excluding steroid dienone is 1. The summed E-state index contributed by atoms with van der Waals surface area (Å²) < 4.78 is 0. The molecule has 2 fully saturated rings. The predicted molar refractivity (Wildman–Crippen MR) is 124 cm³/mol. The molecule has 33 heavy (non-hydrogen) atoms. The molecule has 2 aromatic carbocycles. The fourth-order valence-electron chi connectivity index (χ4n) is 5.46. The number of carbonyl (C=O) groups is 4. The topological polar surface area (TPSA) is 74.8 Å². The van der Waals surface area contributed by atoms with E-state index in [-0.39, 0.29) is 36.0 Å². The first kappa shape index (κ1) is 21.3. The summed E-state index contributed by atoms with van der Waals surface area (Å²) in [5, 5.41) is 0. The van der Waals surface area contributed by atoms with Crippen LogP contribution in [-0.4, -0.2) is 23.6 Å². The molecule has 4 amide bonds. The Morgan fingerprint density at radius 3 is 1.76 bits per heavy atom. The van der Waals surface area contributed by atoms with Crippen molar-refractivity contribution in [2.45, 2.75) is 33.6 Å². The monoisotopic (exact) mass is 442 g/mol. The third-order valence-electron chi connectivity index (χ3n) is 7.20. The highest BCUT2D eigenvalue weighted by atomic mass is 16.2. The minimum Gasteiger partial charge on any atom is -0.274 e. The Morgan fingerprint density at radius 1 is 0.667 bits per heavy atom. The van der Waals surface area contributed by atoms with E-state index >= 15 is 0 Å². The second-order valence-corrected chi connectivity index (χ2v) is 9.46. The lowest BCUT2D eigenvalue weighted by Gasteiger charge is -2.29. The van der Waals surface area contributed by atoms with Crippen LogP contribution >= 0.6 is 0 Å². The lowest BCUT2D eigenvalue weighted by Crippen LogP contribution is -2.35. The van der Waals surface area contributed by atoms with Gasteiger partial charge in [0.05, 0.1) is 29.1 Å². The smallest absolute Gasteiger partial charge is 0.241 e. The number of carbonyl (C=O) groups excluding carboxylic acids is 4. The summed E-state index contributed by atoms with van der Waals surface area (Å²) in [6.45, 7) is 5.76. The van der Waals surface area contributed by atoms with Gasteiger partial charge in [-0.05, 0) is 57.4 Å². The van der Waals surface area contributed by atoms with E-state index in [0.717, 1.165) is 16.7 Å². The molecule has 4 atom stereocenters. The molecule has 0 saturated carbocycles. The summed E-state index contributed by atoms with van der Waals surface area (Å²) in [6, 6.07) is 14.7. The van der Waals surface area contributed by atoms with E-state index in [1.54, 1.807) is 24.3 Å². The van der Waals surface area contributed by atoms with Gasteiger partial charge in [0.25, 0.3) is 0 Å². The molecule has 2 heterocycles. The highest BCUT2D eigenvalue weighted by Gasteiger charge is 2.53. The van der Waals surface area contributed by atoms with Crippen molar-refractivity contribution in [3.8, 4) is 0 Å². The molecule has 5 rings (SSSR count). The number of hydrogen-bond acceptors (Lipinski definition) is 4. The fourth-order valence-corrected chi connectivity index (χ4v) is 5.46. The van der Waals surface area contributed by atoms with Crippen LogP contribution in [0.3, 0.4) is 0 Å². The molecular weight excluding hydrogens is 416 g/mol. The molecule has 168 valence electrons. The zero-order valence-corrected chi connectivity index (χ0v) is 18.9. The van der Waals surface area contributed by atoms with Gasteiger partial charge in [-0.1, -0.05) is 47.0 Å². The van der Waals surface area contributed by atoms with E-state index in [0.29, 0.717) is 17.8 Å². The van der Waals surface area contributed by atoms with E-state index in [4.69, 9.17) is 0 Å². The van der Waals surface area contributed by atoms with Gasteiger partial charge in [-0.25, -0.2) is 4.90 Å². The summed E-state index contributed by atoms with van der Waals surface area (Å²) in [5.74, 6) is -2.69. The number of benzene rings is 2. The van der Waals surface area contributed by atoms with Crippen molar-refractivity contribution in [2.75, 3.05) is 9.80 Å². The zero-order chi connectivity index (χ0) is 23.4. The van der Waals surface area contributed by atoms with Gasteiger partial charge in [-0.2, -0.15) is 0 Å². The van der Waals surface area contributed by atoms with Gasteiger partial charge in [0.1, 0.15) is 0 Å². The van der Waals surface area contributed by atoms with E-state index < -0.39 is 17.8 Å². The number of anilines is 2. The van der Waals surface area contributed by atoms with Gasteiger partial charge >= 0.3 is 0 Å². The van der Waals surface area contributed by atoms with E-state index in [2.05, 4.69) is 0 Å². The van der Waals surface area contributed by atoms with Gasteiger partial charge in [0.2, 0.25) is 23.6 Å². The van der Waals surface area contributed by atoms with E-state index in [9.17, 15) is 19.2 Å². The minimum absolute atomic E-state index is 0.113. The molecule has 0 spiro atoms. The van der Waals surface area contributed by atoms with Crippen molar-refractivity contribution in [3.63, 3.8) is 0 Å². The summed E-state index contributed by atoms with van der Waals surface area (Å²) in [4.78, 5) is 55.1. The fraction of sp³-hybridized carbons (Fsp3) is 0.333. The zero-order valence-electron chi connectivity index (χ0n) is 18.9. The second-order valence-electron chi connectivity index (χ2n) is 9.46. The van der Waals surface area contributed by atoms with Crippen molar-refractivity contribution < 1.29 is 19.2 Å². The molecular formula is C27H26N2O4. The molecule has 2 aromatic rings. The molecule has 0 radical (unpaired) electrons. The van der Waals surface area contributed by atoms with Crippen LogP contribution in [0.1, 0.15) is 30.9 Å². The Hall–Kier alpha value is -3.54. The van der Waals surface area contributed by atoms with Crippen LogP contribution in [0.25, 0.3) is 0 Å². The Labute approximate surface area is 192 Å². The normalized spacial score (nSPS) is 27.3. The van der Waals surface area contributed by atoms with Crippen molar-refractivity contribution >= 4 is 35.0 Å². The SMILES string of the molecule is CC1=C[C@H]([C@@H]2CC(=O)N(c3ccc(C)cc3)C2=O)C[C@@H]2C(=O)N(c3ccc(C)cc3)C(=O)[C@H]12. The molecule has 2 aliphatic heterocycles. The second kappa shape index (κ2) is 7.80. The van der Waals surface area contributed by atoms with Gasteiger partial charge in [0, 0.05) is 6.42 Å². The molecule has 3 aliphatic rings. The average Bonchev–Trinajstić information content (AvgIpc) is 3.22. The van der Waals surface area contributed by atoms with Gasteiger partial charge in [-0.3, -0.25) is 24.1 Å². The number of nitrogens with zero attached hydrogens (tertiary/aromatic N) is 2. The highest BCUT2D eigenvalue weighted by Crippen LogP contribution is 2.46. The van der Waals surface area contributed by atoms with Crippen molar-refractivity contribution in [1.82, 2.24) is 0 Å². The maximum Gasteiger partial charge on any atom is 0.241 e. The number of fused-ring (bicyclic) bond motifs is 1. The van der Waals surface area contributed by atoms with Crippen LogP contribution in [0, 0.1) is 37.5 Å². The quantitative estimate of drug-likeness (QED) is 0.533. The third kappa shape index (κ3) is 3.41. The molecule has 0 unspecified atom stereocenters. The Kier molecular flexibility index (Phi) is 5.04. The van der Waals surface area contributed by atoms with Gasteiger partial charge in [0.15, 0.2) is 0 Å². The molecule has 2 saturated heterocycles. The van der Waals surface area contributed by atoms with Crippen molar-refractivity contribution in [3.05, 3.63) is 71.3 Å². The molecule has 0 bridgehead atoms. The molecule has 0 N–H and O–H groups in total. The predicted octanol–water partition coefficient (Wildman–Crippen LogP) is 3.95. The maximum atomic E-state index is 13.3. The lowest BCUT2D eigenvalue weighted by atomic mass is 9.71. The van der Waals surface area contributed by atoms with Gasteiger partial charge in [-0.15, -0.1) is 0 Å². The number of imide groups is 2. The van der Waals surface area contributed by atoms with Crippen LogP contribution in [0.15, 0.2) is 60.2 Å². The standard InChI is InChI=1S/C27H26N2O4/c1-15-4-8-19(9-5-15)28-23(30)14-21(25(28)31)18-12-17(3)24-22(13-18)26(32)29(27(24)33)20-10-6-16(2)7-11-20/h4-12,18,21-22,24H,13-14H2,1-3H3/t18-,21-,22-,24+/m0/s1. The Morgan fingerprint density at radius 2 is 1.18 bits per heavy atom. The van der Waals surface area contributed by atoms with Crippen LogP contribution in [0.4, 0.5) is 11.4 Å². The summed E-state index contributed by atoms with van der Waals surface area (Å²) in [5.41, 5.74) is 4.05. The lowest BCUT2D eigenvalue weighted by molar-refractivity contribution is -0.125. The number of aryl methyl sites for hydroxylation is 2. The summed E-state index contributed by atoms with van der Waals surface area (Å²) in [7, 11) is 0. The van der Waals surface area contributed by atoms with Crippen LogP contribution in [0.5, 0.6) is 0 Å². The number of hydrogen-bond donors (Lipinski definition) is 0. The first-order valence-corrected chi connectivity index (χ1v) is 11.3. The Bertz CT molecular complexity index is 1200. The van der Waals surface area contributed by atoms with Crippen LogP contribution < -0.4 is 9.80 Å². The van der Waals surface area contributed by atoms with Gasteiger partial charge < -0.3 is 0 Å². The Balaban J connectivity index is 1.41. The highest BCUT2D eigenvalue weighted by molar-refractivity contribution is 6.23. The number of rotatable bonds is 3. The van der Waals surface area contributed by atoms with Crippen molar-refractivity contribution in [1.29, 1.82) is 0 Å². The van der Waals surface area contributed by atoms with Crippen LogP contribution in [-0.2, 0) is 19.2 Å². The summed E-state index contributed by atoms with van der Waals surface area (Å²) in [6.07, 6.45) is 2.45. The molecule has 0 aromatic heterocycles. The number of amides is 4. The maximum absolute atomic E-state index is 13.3. The first-order chi connectivity index (χ1) is 15.8. The molecule has 6 nitrogen and oxygen atoms in total.